The number of hydrogen-bond donors (Lipinski definition) is 1. The van der Waals surface area contributed by atoms with E-state index < -0.39 is 64.7 Å². The number of benzene rings is 3. The highest BCUT2D eigenvalue weighted by Crippen LogP contribution is 2.44. The zero-order valence-corrected chi connectivity index (χ0v) is 19.1. The summed E-state index contributed by atoms with van der Waals surface area (Å²) in [5.41, 5.74) is 1.68. The topological polar surface area (TPSA) is 66.8 Å². The van der Waals surface area contributed by atoms with Gasteiger partial charge in [-0.15, -0.1) is 0 Å². The van der Waals surface area contributed by atoms with E-state index in [9.17, 15) is 36.6 Å². The molecule has 0 saturated heterocycles. The standard InChI is InChI=1S/C26H20F5NO4/c1-12(2)23(25(33)34)32(24-21(30)19(28)18(27)20(29)22(24)31)26(35)36-11-17-15-9-5-3-7-13(15)14-8-4-6-10-16(14)17/h3-10,12,17,23H,11H2,1-2H3,(H,33,34)/t23-/m0/s1. The lowest BCUT2D eigenvalue weighted by atomic mass is 9.98. The molecule has 1 aliphatic rings. The molecule has 0 unspecified atom stereocenters. The number of carbonyl (C=O) groups is 2. The molecule has 0 aliphatic heterocycles. The minimum Gasteiger partial charge on any atom is -0.480 e. The molecule has 1 atom stereocenters. The number of aliphatic carboxylic acids is 1. The Balaban J connectivity index is 1.75. The molecule has 0 aromatic heterocycles. The van der Waals surface area contributed by atoms with Crippen molar-refractivity contribution in [3.63, 3.8) is 0 Å². The average Bonchev–Trinajstić information content (AvgIpc) is 3.17. The predicted octanol–water partition coefficient (Wildman–Crippen LogP) is 6.25. The first-order chi connectivity index (χ1) is 17.1. The second-order valence-corrected chi connectivity index (χ2v) is 8.62. The summed E-state index contributed by atoms with van der Waals surface area (Å²) >= 11 is 0. The van der Waals surface area contributed by atoms with Gasteiger partial charge in [-0.2, -0.15) is 0 Å². The van der Waals surface area contributed by atoms with Crippen molar-refractivity contribution in [3.8, 4) is 11.1 Å². The van der Waals surface area contributed by atoms with Gasteiger partial charge in [-0.1, -0.05) is 62.4 Å². The molecule has 0 radical (unpaired) electrons. The van der Waals surface area contributed by atoms with Gasteiger partial charge in [0.1, 0.15) is 18.3 Å². The van der Waals surface area contributed by atoms with Crippen molar-refractivity contribution in [2.24, 2.45) is 5.92 Å². The molecule has 0 heterocycles. The van der Waals surface area contributed by atoms with Crippen LogP contribution in [0, 0.1) is 35.0 Å². The van der Waals surface area contributed by atoms with E-state index in [1.165, 1.54) is 13.8 Å². The van der Waals surface area contributed by atoms with Crippen molar-refractivity contribution in [2.75, 3.05) is 11.5 Å². The number of halogens is 5. The molecule has 0 bridgehead atoms. The first-order valence-electron chi connectivity index (χ1n) is 10.9. The normalized spacial score (nSPS) is 13.3. The average molecular weight is 505 g/mol. The summed E-state index contributed by atoms with van der Waals surface area (Å²) in [5.74, 6) is -14.9. The fourth-order valence-corrected chi connectivity index (χ4v) is 4.51. The third kappa shape index (κ3) is 4.06. The number of carboxylic acids is 1. The van der Waals surface area contributed by atoms with E-state index in [1.807, 2.05) is 36.4 Å². The van der Waals surface area contributed by atoms with Gasteiger partial charge in [0.2, 0.25) is 5.82 Å². The first kappa shape index (κ1) is 25.2. The molecule has 188 valence electrons. The molecular weight excluding hydrogens is 485 g/mol. The molecular formula is C26H20F5NO4. The quantitative estimate of drug-likeness (QED) is 0.245. The van der Waals surface area contributed by atoms with Crippen LogP contribution in [-0.2, 0) is 9.53 Å². The molecule has 1 N–H and O–H groups in total. The van der Waals surface area contributed by atoms with Crippen LogP contribution in [0.5, 0.6) is 0 Å². The molecule has 5 nitrogen and oxygen atoms in total. The van der Waals surface area contributed by atoms with Gasteiger partial charge in [-0.25, -0.2) is 31.5 Å². The lowest BCUT2D eigenvalue weighted by molar-refractivity contribution is -0.139. The Bertz CT molecular complexity index is 1290. The van der Waals surface area contributed by atoms with Crippen molar-refractivity contribution in [3.05, 3.63) is 88.7 Å². The van der Waals surface area contributed by atoms with E-state index in [2.05, 4.69) is 0 Å². The van der Waals surface area contributed by atoms with Crippen molar-refractivity contribution in [2.45, 2.75) is 25.8 Å². The maximum Gasteiger partial charge on any atom is 0.415 e. The number of carbonyl (C=O) groups excluding carboxylic acids is 1. The SMILES string of the molecule is CC(C)[C@@H](C(=O)O)N(C(=O)OCC1c2ccccc2-c2ccccc21)c1c(F)c(F)c(F)c(F)c1F. The van der Waals surface area contributed by atoms with E-state index in [0.29, 0.717) is 0 Å². The summed E-state index contributed by atoms with van der Waals surface area (Å²) in [4.78, 5) is 25.1. The van der Waals surface area contributed by atoms with Crippen molar-refractivity contribution in [1.29, 1.82) is 0 Å². The van der Waals surface area contributed by atoms with E-state index in [0.717, 1.165) is 22.3 Å². The highest BCUT2D eigenvalue weighted by molar-refractivity contribution is 5.95. The summed E-state index contributed by atoms with van der Waals surface area (Å²) in [7, 11) is 0. The van der Waals surface area contributed by atoms with Crippen molar-refractivity contribution >= 4 is 17.7 Å². The molecule has 1 aliphatic carbocycles. The summed E-state index contributed by atoms with van der Waals surface area (Å²) in [5, 5.41) is 9.68. The van der Waals surface area contributed by atoms with Gasteiger partial charge in [-0.05, 0) is 28.2 Å². The number of ether oxygens (including phenoxy) is 1. The summed E-state index contributed by atoms with van der Waals surface area (Å²) in [6, 6.07) is 12.6. The monoisotopic (exact) mass is 505 g/mol. The predicted molar refractivity (Wildman–Crippen MR) is 120 cm³/mol. The van der Waals surface area contributed by atoms with Crippen LogP contribution < -0.4 is 4.90 Å². The van der Waals surface area contributed by atoms with Gasteiger partial charge in [0.05, 0.1) is 0 Å². The minimum absolute atomic E-state index is 0.0178. The summed E-state index contributed by atoms with van der Waals surface area (Å²) in [6.45, 7) is 2.26. The largest absolute Gasteiger partial charge is 0.480 e. The molecule has 4 rings (SSSR count). The van der Waals surface area contributed by atoms with Gasteiger partial charge in [0, 0.05) is 5.92 Å². The number of hydrogen-bond acceptors (Lipinski definition) is 3. The second kappa shape index (κ2) is 9.60. The van der Waals surface area contributed by atoms with Gasteiger partial charge in [-0.3, -0.25) is 4.90 Å². The van der Waals surface area contributed by atoms with Crippen LogP contribution >= 0.6 is 0 Å². The molecule has 3 aromatic carbocycles. The smallest absolute Gasteiger partial charge is 0.415 e. The van der Waals surface area contributed by atoms with Crippen LogP contribution in [0.15, 0.2) is 48.5 Å². The molecule has 3 aromatic rings. The Morgan fingerprint density at radius 1 is 0.833 bits per heavy atom. The van der Waals surface area contributed by atoms with E-state index in [-0.39, 0.29) is 11.5 Å². The van der Waals surface area contributed by atoms with Crippen LogP contribution in [0.4, 0.5) is 32.4 Å². The number of anilines is 1. The van der Waals surface area contributed by atoms with Gasteiger partial charge < -0.3 is 9.84 Å². The van der Waals surface area contributed by atoms with Crippen molar-refractivity contribution in [1.82, 2.24) is 0 Å². The Hall–Kier alpha value is -3.95. The molecule has 10 heteroatoms. The summed E-state index contributed by atoms with van der Waals surface area (Å²) in [6.07, 6.45) is -1.57. The van der Waals surface area contributed by atoms with Crippen LogP contribution in [-0.4, -0.2) is 29.8 Å². The third-order valence-electron chi connectivity index (χ3n) is 6.12. The Kier molecular flexibility index (Phi) is 6.71. The van der Waals surface area contributed by atoms with E-state index in [4.69, 9.17) is 4.74 Å². The summed E-state index contributed by atoms with van der Waals surface area (Å²) < 4.78 is 76.2. The lowest BCUT2D eigenvalue weighted by Crippen LogP contribution is -2.50. The van der Waals surface area contributed by atoms with Gasteiger partial charge in [0.25, 0.3) is 0 Å². The molecule has 0 spiro atoms. The zero-order valence-electron chi connectivity index (χ0n) is 19.1. The number of nitrogens with zero attached hydrogens (tertiary/aromatic N) is 1. The fourth-order valence-electron chi connectivity index (χ4n) is 4.51. The first-order valence-corrected chi connectivity index (χ1v) is 10.9. The highest BCUT2D eigenvalue weighted by Gasteiger charge is 2.41. The number of carboxylic acid groups (broad SMARTS) is 1. The van der Waals surface area contributed by atoms with Crippen LogP contribution in [0.1, 0.15) is 30.9 Å². The second-order valence-electron chi connectivity index (χ2n) is 8.62. The number of fused-ring (bicyclic) bond motifs is 3. The van der Waals surface area contributed by atoms with Crippen LogP contribution in [0.2, 0.25) is 0 Å². The highest BCUT2D eigenvalue weighted by atomic mass is 19.2. The van der Waals surface area contributed by atoms with E-state index >= 15 is 0 Å². The van der Waals surface area contributed by atoms with Crippen molar-refractivity contribution < 1.29 is 41.4 Å². The molecule has 36 heavy (non-hydrogen) atoms. The fraction of sp³-hybridized carbons (Fsp3) is 0.231. The van der Waals surface area contributed by atoms with E-state index in [1.54, 1.807) is 12.1 Å². The van der Waals surface area contributed by atoms with Crippen LogP contribution in [0.3, 0.4) is 0 Å². The number of rotatable bonds is 6. The Morgan fingerprint density at radius 3 is 1.72 bits per heavy atom. The molecule has 0 saturated carbocycles. The third-order valence-corrected chi connectivity index (χ3v) is 6.12. The van der Waals surface area contributed by atoms with Gasteiger partial charge >= 0.3 is 12.1 Å². The Labute approximate surface area is 202 Å². The maximum atomic E-state index is 14.7. The Morgan fingerprint density at radius 2 is 1.28 bits per heavy atom. The minimum atomic E-state index is -2.43. The zero-order chi connectivity index (χ0) is 26.3. The lowest BCUT2D eigenvalue weighted by Gasteiger charge is -2.31. The van der Waals surface area contributed by atoms with Crippen LogP contribution in [0.25, 0.3) is 11.1 Å². The maximum absolute atomic E-state index is 14.7. The molecule has 0 fully saturated rings. The van der Waals surface area contributed by atoms with Gasteiger partial charge in [0.15, 0.2) is 23.3 Å². The molecule has 1 amide bonds. The number of amides is 1.